The number of halogens is 1. The van der Waals surface area contributed by atoms with E-state index in [1.54, 1.807) is 0 Å². The summed E-state index contributed by atoms with van der Waals surface area (Å²) in [7, 11) is -3.72. The standard InChI is InChI=1S/C10H12BrNO5S/c11-9-4-3-8(17-9)10(13)12-18(14,15)7-2-1-5-16-6-7/h3-4,7H,1-2,5-6H2,(H,12,13). The molecule has 0 aromatic carbocycles. The van der Waals surface area contributed by atoms with Gasteiger partial charge in [-0.05, 0) is 40.9 Å². The topological polar surface area (TPSA) is 85.6 Å². The molecular formula is C10H12BrNO5S. The Balaban J connectivity index is 2.05. The van der Waals surface area contributed by atoms with Gasteiger partial charge in [-0.3, -0.25) is 4.79 Å². The quantitative estimate of drug-likeness (QED) is 0.897. The summed E-state index contributed by atoms with van der Waals surface area (Å²) in [5.74, 6) is -0.826. The second kappa shape index (κ2) is 5.41. The monoisotopic (exact) mass is 337 g/mol. The third kappa shape index (κ3) is 3.12. The van der Waals surface area contributed by atoms with Crippen molar-refractivity contribution in [1.29, 1.82) is 0 Å². The minimum absolute atomic E-state index is 0.0535. The summed E-state index contributed by atoms with van der Waals surface area (Å²) >= 11 is 3.04. The van der Waals surface area contributed by atoms with Gasteiger partial charge in [-0.15, -0.1) is 0 Å². The molecule has 0 saturated carbocycles. The Kier molecular flexibility index (Phi) is 4.08. The Labute approximate surface area is 113 Å². The summed E-state index contributed by atoms with van der Waals surface area (Å²) < 4.78 is 36.3. The lowest BCUT2D eigenvalue weighted by Gasteiger charge is -2.21. The maximum Gasteiger partial charge on any atom is 0.300 e. The Hall–Kier alpha value is -0.860. The summed E-state index contributed by atoms with van der Waals surface area (Å²) in [6, 6.07) is 2.91. The number of hydrogen-bond acceptors (Lipinski definition) is 5. The molecule has 1 aromatic heterocycles. The summed E-state index contributed by atoms with van der Waals surface area (Å²) in [6.07, 6.45) is 1.16. The molecule has 1 N–H and O–H groups in total. The molecule has 1 unspecified atom stereocenters. The minimum Gasteiger partial charge on any atom is -0.444 e. The lowest BCUT2D eigenvalue weighted by molar-refractivity contribution is 0.0934. The van der Waals surface area contributed by atoms with Crippen molar-refractivity contribution in [1.82, 2.24) is 4.72 Å². The van der Waals surface area contributed by atoms with Crippen molar-refractivity contribution in [3.8, 4) is 0 Å². The lowest BCUT2D eigenvalue weighted by atomic mass is 10.2. The van der Waals surface area contributed by atoms with Crippen LogP contribution in [0.3, 0.4) is 0 Å². The SMILES string of the molecule is O=C(NS(=O)(=O)C1CCCOC1)c1ccc(Br)o1. The molecule has 8 heteroatoms. The third-order valence-electron chi connectivity index (χ3n) is 2.59. The number of carbonyl (C=O) groups is 1. The van der Waals surface area contributed by atoms with Crippen molar-refractivity contribution < 1.29 is 22.4 Å². The molecule has 1 fully saturated rings. The van der Waals surface area contributed by atoms with E-state index < -0.39 is 21.2 Å². The molecule has 1 aliphatic rings. The first-order chi connectivity index (χ1) is 8.49. The van der Waals surface area contributed by atoms with Crippen LogP contribution in [0.2, 0.25) is 0 Å². The first-order valence-electron chi connectivity index (χ1n) is 5.38. The zero-order valence-electron chi connectivity index (χ0n) is 9.39. The van der Waals surface area contributed by atoms with E-state index in [4.69, 9.17) is 9.15 Å². The normalized spacial score (nSPS) is 20.6. The first kappa shape index (κ1) is 13.6. The number of amides is 1. The van der Waals surface area contributed by atoms with Crippen molar-refractivity contribution in [2.75, 3.05) is 13.2 Å². The number of furan rings is 1. The zero-order valence-corrected chi connectivity index (χ0v) is 11.8. The second-order valence-corrected chi connectivity index (χ2v) is 6.66. The van der Waals surface area contributed by atoms with E-state index in [-0.39, 0.29) is 12.4 Å². The molecule has 0 radical (unpaired) electrons. The maximum atomic E-state index is 11.9. The van der Waals surface area contributed by atoms with E-state index >= 15 is 0 Å². The number of rotatable bonds is 3. The van der Waals surface area contributed by atoms with Crippen molar-refractivity contribution in [2.24, 2.45) is 0 Å². The third-order valence-corrected chi connectivity index (χ3v) is 4.73. The van der Waals surface area contributed by atoms with Gasteiger partial charge in [0.1, 0.15) is 5.25 Å². The predicted molar refractivity (Wildman–Crippen MR) is 66.6 cm³/mol. The Morgan fingerprint density at radius 1 is 1.44 bits per heavy atom. The van der Waals surface area contributed by atoms with Crippen LogP contribution in [0.4, 0.5) is 0 Å². The smallest absolute Gasteiger partial charge is 0.300 e. The van der Waals surface area contributed by atoms with Crippen LogP contribution in [-0.4, -0.2) is 32.8 Å². The fourth-order valence-electron chi connectivity index (χ4n) is 1.66. The van der Waals surface area contributed by atoms with Gasteiger partial charge >= 0.3 is 0 Å². The molecule has 18 heavy (non-hydrogen) atoms. The minimum atomic E-state index is -3.72. The van der Waals surface area contributed by atoms with E-state index in [9.17, 15) is 13.2 Å². The highest BCUT2D eigenvalue weighted by Gasteiger charge is 2.30. The molecule has 1 aromatic rings. The van der Waals surface area contributed by atoms with E-state index in [2.05, 4.69) is 15.9 Å². The number of hydrogen-bond donors (Lipinski definition) is 1. The van der Waals surface area contributed by atoms with E-state index in [1.807, 2.05) is 4.72 Å². The highest BCUT2D eigenvalue weighted by atomic mass is 79.9. The molecule has 100 valence electrons. The predicted octanol–water partition coefficient (Wildman–Crippen LogP) is 1.28. The van der Waals surface area contributed by atoms with Crippen LogP contribution in [0.25, 0.3) is 0 Å². The fraction of sp³-hybridized carbons (Fsp3) is 0.500. The van der Waals surface area contributed by atoms with Crippen LogP contribution in [0.1, 0.15) is 23.4 Å². The highest BCUT2D eigenvalue weighted by Crippen LogP contribution is 2.16. The maximum absolute atomic E-state index is 11.9. The van der Waals surface area contributed by atoms with E-state index in [0.717, 1.165) is 0 Å². The van der Waals surface area contributed by atoms with Crippen LogP contribution in [-0.2, 0) is 14.8 Å². The molecule has 2 heterocycles. The van der Waals surface area contributed by atoms with Gasteiger partial charge in [0.05, 0.1) is 6.61 Å². The fourth-order valence-corrected chi connectivity index (χ4v) is 3.24. The van der Waals surface area contributed by atoms with Gasteiger partial charge in [-0.1, -0.05) is 0 Å². The highest BCUT2D eigenvalue weighted by molar-refractivity contribution is 9.10. The number of carbonyl (C=O) groups excluding carboxylic acids is 1. The van der Waals surface area contributed by atoms with Gasteiger partial charge in [-0.2, -0.15) is 0 Å². The Bertz CT molecular complexity index is 532. The van der Waals surface area contributed by atoms with Crippen LogP contribution < -0.4 is 4.72 Å². The summed E-state index contributed by atoms with van der Waals surface area (Å²) in [5.41, 5.74) is 0. The molecule has 2 rings (SSSR count). The first-order valence-corrected chi connectivity index (χ1v) is 7.72. The lowest BCUT2D eigenvalue weighted by Crippen LogP contribution is -2.42. The Morgan fingerprint density at radius 2 is 2.22 bits per heavy atom. The molecule has 1 amide bonds. The molecule has 1 atom stereocenters. The second-order valence-electron chi connectivity index (χ2n) is 3.92. The van der Waals surface area contributed by atoms with Crippen molar-refractivity contribution in [2.45, 2.75) is 18.1 Å². The van der Waals surface area contributed by atoms with Gasteiger partial charge in [0.15, 0.2) is 10.4 Å². The zero-order chi connectivity index (χ0) is 13.2. The van der Waals surface area contributed by atoms with Gasteiger partial charge in [-0.25, -0.2) is 13.1 Å². The molecule has 0 bridgehead atoms. The van der Waals surface area contributed by atoms with Crippen molar-refractivity contribution >= 4 is 31.9 Å². The molecule has 1 aliphatic heterocycles. The largest absolute Gasteiger partial charge is 0.444 e. The van der Waals surface area contributed by atoms with Gasteiger partial charge < -0.3 is 9.15 Å². The number of nitrogens with one attached hydrogen (secondary N) is 1. The van der Waals surface area contributed by atoms with Crippen LogP contribution >= 0.6 is 15.9 Å². The Morgan fingerprint density at radius 3 is 2.78 bits per heavy atom. The van der Waals surface area contributed by atoms with Crippen LogP contribution in [0, 0.1) is 0 Å². The van der Waals surface area contributed by atoms with Crippen molar-refractivity contribution in [3.05, 3.63) is 22.6 Å². The molecule has 6 nitrogen and oxygen atoms in total. The van der Waals surface area contributed by atoms with Crippen LogP contribution in [0.5, 0.6) is 0 Å². The molecular weight excluding hydrogens is 326 g/mol. The van der Waals surface area contributed by atoms with E-state index in [0.29, 0.717) is 24.1 Å². The average Bonchev–Trinajstić information content (AvgIpc) is 2.77. The molecule has 0 spiro atoms. The molecule has 1 saturated heterocycles. The number of sulfonamides is 1. The van der Waals surface area contributed by atoms with Gasteiger partial charge in [0.25, 0.3) is 5.91 Å². The molecule has 0 aliphatic carbocycles. The van der Waals surface area contributed by atoms with E-state index in [1.165, 1.54) is 12.1 Å². The average molecular weight is 338 g/mol. The van der Waals surface area contributed by atoms with Gasteiger partial charge in [0.2, 0.25) is 10.0 Å². The van der Waals surface area contributed by atoms with Gasteiger partial charge in [0, 0.05) is 6.61 Å². The van der Waals surface area contributed by atoms with Crippen LogP contribution in [0.15, 0.2) is 21.2 Å². The van der Waals surface area contributed by atoms with Crippen molar-refractivity contribution in [3.63, 3.8) is 0 Å². The number of ether oxygens (including phenoxy) is 1. The summed E-state index contributed by atoms with van der Waals surface area (Å²) in [4.78, 5) is 11.7. The summed E-state index contributed by atoms with van der Waals surface area (Å²) in [6.45, 7) is 0.676. The summed E-state index contributed by atoms with van der Waals surface area (Å²) in [5, 5.41) is -0.686.